The van der Waals surface area contributed by atoms with E-state index in [1.165, 1.54) is 35.0 Å². The second-order valence-corrected chi connectivity index (χ2v) is 7.67. The van der Waals surface area contributed by atoms with Crippen molar-refractivity contribution in [1.82, 2.24) is 9.99 Å². The SMILES string of the molecule is C/C(=N\NC(=O)CCn1c2c(c3ccccc31)CCCC2)c1ccccc1Cl. The molecule has 144 valence electrons. The Kier molecular flexibility index (Phi) is 5.49. The number of para-hydroxylation sites is 1. The van der Waals surface area contributed by atoms with E-state index < -0.39 is 0 Å². The number of aromatic nitrogens is 1. The Bertz CT molecular complexity index is 1050. The zero-order chi connectivity index (χ0) is 19.5. The fourth-order valence-corrected chi connectivity index (χ4v) is 4.35. The van der Waals surface area contributed by atoms with Crippen LogP contribution >= 0.6 is 11.6 Å². The summed E-state index contributed by atoms with van der Waals surface area (Å²) in [5.41, 5.74) is 8.30. The Morgan fingerprint density at radius 3 is 2.71 bits per heavy atom. The van der Waals surface area contributed by atoms with E-state index in [2.05, 4.69) is 39.4 Å². The molecule has 0 unspecified atom stereocenters. The minimum absolute atomic E-state index is 0.0891. The van der Waals surface area contributed by atoms with E-state index in [1.54, 1.807) is 0 Å². The van der Waals surface area contributed by atoms with Gasteiger partial charge >= 0.3 is 0 Å². The van der Waals surface area contributed by atoms with Crippen LogP contribution in [0.2, 0.25) is 5.02 Å². The molecule has 0 saturated heterocycles. The van der Waals surface area contributed by atoms with Crippen LogP contribution in [0.4, 0.5) is 0 Å². The van der Waals surface area contributed by atoms with Gasteiger partial charge in [-0.25, -0.2) is 5.43 Å². The molecule has 0 radical (unpaired) electrons. The Balaban J connectivity index is 1.47. The van der Waals surface area contributed by atoms with Gasteiger partial charge in [0.25, 0.3) is 0 Å². The molecule has 1 N–H and O–H groups in total. The number of halogens is 1. The molecule has 5 heteroatoms. The van der Waals surface area contributed by atoms with Crippen molar-refractivity contribution in [3.8, 4) is 0 Å². The molecule has 0 spiro atoms. The predicted molar refractivity (Wildman–Crippen MR) is 115 cm³/mol. The van der Waals surface area contributed by atoms with E-state index in [1.807, 2.05) is 31.2 Å². The summed E-state index contributed by atoms with van der Waals surface area (Å²) in [5.74, 6) is -0.0891. The number of hydrazone groups is 1. The van der Waals surface area contributed by atoms with E-state index in [0.717, 1.165) is 18.4 Å². The van der Waals surface area contributed by atoms with Gasteiger partial charge in [-0.15, -0.1) is 0 Å². The van der Waals surface area contributed by atoms with Crippen LogP contribution in [0, 0.1) is 0 Å². The molecular weight excluding hydrogens is 370 g/mol. The maximum atomic E-state index is 12.4. The number of carbonyl (C=O) groups is 1. The first kappa shape index (κ1) is 18.8. The second-order valence-electron chi connectivity index (χ2n) is 7.26. The van der Waals surface area contributed by atoms with Gasteiger partial charge in [0.15, 0.2) is 0 Å². The van der Waals surface area contributed by atoms with Crippen molar-refractivity contribution in [1.29, 1.82) is 0 Å². The first-order valence-corrected chi connectivity index (χ1v) is 10.2. The number of amides is 1. The average molecular weight is 394 g/mol. The number of nitrogens with one attached hydrogen (secondary N) is 1. The number of rotatable bonds is 5. The molecule has 1 amide bonds. The highest BCUT2D eigenvalue weighted by Gasteiger charge is 2.19. The average Bonchev–Trinajstić information content (AvgIpc) is 3.05. The lowest BCUT2D eigenvalue weighted by Gasteiger charge is -2.15. The fraction of sp³-hybridized carbons (Fsp3) is 0.304. The van der Waals surface area contributed by atoms with Crippen LogP contribution in [0.25, 0.3) is 10.9 Å². The van der Waals surface area contributed by atoms with E-state index in [4.69, 9.17) is 11.6 Å². The zero-order valence-electron chi connectivity index (χ0n) is 16.0. The summed E-state index contributed by atoms with van der Waals surface area (Å²) in [6.07, 6.45) is 5.09. The molecule has 1 aliphatic carbocycles. The first-order valence-electron chi connectivity index (χ1n) is 9.82. The number of hydrogen-bond acceptors (Lipinski definition) is 2. The Morgan fingerprint density at radius 2 is 1.86 bits per heavy atom. The van der Waals surface area contributed by atoms with Crippen molar-refractivity contribution >= 4 is 34.1 Å². The summed E-state index contributed by atoms with van der Waals surface area (Å²) in [7, 11) is 0. The standard InChI is InChI=1S/C23H24ClN3O/c1-16(17-8-2-5-11-20(17)24)25-26-23(28)14-15-27-21-12-6-3-9-18(21)19-10-4-7-13-22(19)27/h2-3,5-6,8-9,11-12H,4,7,10,13-15H2,1H3,(H,26,28)/b25-16+. The van der Waals surface area contributed by atoms with Gasteiger partial charge in [0, 0.05) is 40.1 Å². The minimum atomic E-state index is -0.0891. The third-order valence-corrected chi connectivity index (χ3v) is 5.79. The molecule has 0 fully saturated rings. The molecule has 0 saturated carbocycles. The largest absolute Gasteiger partial charge is 0.344 e. The van der Waals surface area contributed by atoms with Gasteiger partial charge in [-0.1, -0.05) is 48.0 Å². The van der Waals surface area contributed by atoms with Gasteiger partial charge in [-0.05, 0) is 50.3 Å². The van der Waals surface area contributed by atoms with E-state index in [9.17, 15) is 4.79 Å². The summed E-state index contributed by atoms with van der Waals surface area (Å²) in [6.45, 7) is 2.51. The highest BCUT2D eigenvalue weighted by atomic mass is 35.5. The maximum Gasteiger partial charge on any atom is 0.241 e. The lowest BCUT2D eigenvalue weighted by molar-refractivity contribution is -0.121. The normalized spacial score (nSPS) is 14.1. The summed E-state index contributed by atoms with van der Waals surface area (Å²) in [5, 5.41) is 6.19. The van der Waals surface area contributed by atoms with Crippen LogP contribution in [-0.2, 0) is 24.2 Å². The molecule has 3 aromatic rings. The highest BCUT2D eigenvalue weighted by molar-refractivity contribution is 6.34. The third kappa shape index (κ3) is 3.69. The fourth-order valence-electron chi connectivity index (χ4n) is 4.07. The van der Waals surface area contributed by atoms with Crippen LogP contribution in [0.15, 0.2) is 53.6 Å². The molecule has 28 heavy (non-hydrogen) atoms. The van der Waals surface area contributed by atoms with Gasteiger partial charge < -0.3 is 4.57 Å². The molecule has 4 nitrogen and oxygen atoms in total. The zero-order valence-corrected chi connectivity index (χ0v) is 16.8. The first-order chi connectivity index (χ1) is 13.6. The molecule has 1 heterocycles. The lowest BCUT2D eigenvalue weighted by Crippen LogP contribution is -2.21. The van der Waals surface area contributed by atoms with Crippen molar-refractivity contribution in [2.45, 2.75) is 45.6 Å². The molecule has 0 bridgehead atoms. The summed E-state index contributed by atoms with van der Waals surface area (Å²) in [6, 6.07) is 16.0. The number of aryl methyl sites for hydroxylation is 2. The molecule has 0 atom stereocenters. The number of carbonyl (C=O) groups excluding carboxylic acids is 1. The van der Waals surface area contributed by atoms with Gasteiger partial charge in [0.05, 0.1) is 5.71 Å². The maximum absolute atomic E-state index is 12.4. The Labute approximate surface area is 170 Å². The molecule has 4 rings (SSSR count). The summed E-state index contributed by atoms with van der Waals surface area (Å²) >= 11 is 6.19. The molecule has 2 aromatic carbocycles. The van der Waals surface area contributed by atoms with Crippen molar-refractivity contribution in [3.05, 3.63) is 70.4 Å². The smallest absolute Gasteiger partial charge is 0.241 e. The van der Waals surface area contributed by atoms with E-state index >= 15 is 0 Å². The minimum Gasteiger partial charge on any atom is -0.344 e. The predicted octanol–water partition coefficient (Wildman–Crippen LogP) is 5.10. The topological polar surface area (TPSA) is 46.4 Å². The number of fused-ring (bicyclic) bond motifs is 3. The monoisotopic (exact) mass is 393 g/mol. The van der Waals surface area contributed by atoms with E-state index in [-0.39, 0.29) is 5.91 Å². The quantitative estimate of drug-likeness (QED) is 0.475. The van der Waals surface area contributed by atoms with Gasteiger partial charge in [-0.3, -0.25) is 4.79 Å². The molecular formula is C23H24ClN3O. The molecule has 1 aliphatic rings. The molecule has 1 aromatic heterocycles. The summed E-state index contributed by atoms with van der Waals surface area (Å²) in [4.78, 5) is 12.4. The second kappa shape index (κ2) is 8.19. The molecule has 0 aliphatic heterocycles. The van der Waals surface area contributed by atoms with Crippen LogP contribution in [0.1, 0.15) is 43.0 Å². The van der Waals surface area contributed by atoms with Crippen molar-refractivity contribution in [2.24, 2.45) is 5.10 Å². The van der Waals surface area contributed by atoms with Crippen LogP contribution in [0.3, 0.4) is 0 Å². The van der Waals surface area contributed by atoms with Crippen LogP contribution in [0.5, 0.6) is 0 Å². The Hall–Kier alpha value is -2.59. The summed E-state index contributed by atoms with van der Waals surface area (Å²) < 4.78 is 2.33. The van der Waals surface area contributed by atoms with E-state index in [0.29, 0.717) is 23.7 Å². The lowest BCUT2D eigenvalue weighted by atomic mass is 9.95. The van der Waals surface area contributed by atoms with Crippen LogP contribution < -0.4 is 5.43 Å². The third-order valence-electron chi connectivity index (χ3n) is 5.46. The van der Waals surface area contributed by atoms with Gasteiger partial charge in [-0.2, -0.15) is 5.10 Å². The van der Waals surface area contributed by atoms with Gasteiger partial charge in [0.2, 0.25) is 5.91 Å². The number of nitrogens with zero attached hydrogens (tertiary/aromatic N) is 2. The van der Waals surface area contributed by atoms with Crippen molar-refractivity contribution < 1.29 is 4.79 Å². The Morgan fingerprint density at radius 1 is 1.11 bits per heavy atom. The van der Waals surface area contributed by atoms with Crippen molar-refractivity contribution in [3.63, 3.8) is 0 Å². The van der Waals surface area contributed by atoms with Crippen LogP contribution in [-0.4, -0.2) is 16.2 Å². The van der Waals surface area contributed by atoms with Gasteiger partial charge in [0.1, 0.15) is 0 Å². The van der Waals surface area contributed by atoms with Crippen molar-refractivity contribution in [2.75, 3.05) is 0 Å². The highest BCUT2D eigenvalue weighted by Crippen LogP contribution is 2.32. The number of benzene rings is 2. The number of hydrogen-bond donors (Lipinski definition) is 1.